The van der Waals surface area contributed by atoms with E-state index in [2.05, 4.69) is 4.72 Å². The summed E-state index contributed by atoms with van der Waals surface area (Å²) in [5, 5.41) is -0.290. The average Bonchev–Trinajstić information content (AvgIpc) is 2.93. The number of rotatable bonds is 3. The fourth-order valence-electron chi connectivity index (χ4n) is 1.28. The Morgan fingerprint density at radius 3 is 2.60 bits per heavy atom. The Balaban J connectivity index is 2.21. The van der Waals surface area contributed by atoms with Crippen molar-refractivity contribution in [2.45, 2.75) is 25.0 Å². The Labute approximate surface area is 88.4 Å². The van der Waals surface area contributed by atoms with Crippen LogP contribution in [0.3, 0.4) is 0 Å². The molecule has 1 aromatic rings. The summed E-state index contributed by atoms with van der Waals surface area (Å²) in [7, 11) is -3.29. The molecule has 1 aliphatic carbocycles. The Morgan fingerprint density at radius 2 is 2.07 bits per heavy atom. The summed E-state index contributed by atoms with van der Waals surface area (Å²) in [6, 6.07) is 4.33. The number of halogens is 1. The van der Waals surface area contributed by atoms with Crippen LogP contribution in [0.4, 0.5) is 10.1 Å². The average molecular weight is 229 g/mol. The van der Waals surface area contributed by atoms with E-state index in [0.717, 1.165) is 0 Å². The summed E-state index contributed by atoms with van der Waals surface area (Å²) >= 11 is 0. The fourth-order valence-corrected chi connectivity index (χ4v) is 2.66. The van der Waals surface area contributed by atoms with E-state index in [4.69, 9.17) is 0 Å². The zero-order valence-electron chi connectivity index (χ0n) is 8.33. The van der Waals surface area contributed by atoms with E-state index in [9.17, 15) is 12.8 Å². The molecule has 0 aromatic heterocycles. The number of sulfonamides is 1. The molecule has 0 bridgehead atoms. The van der Waals surface area contributed by atoms with Gasteiger partial charge in [0.15, 0.2) is 0 Å². The summed E-state index contributed by atoms with van der Waals surface area (Å²) in [6.07, 6.45) is 1.40. The highest BCUT2D eigenvalue weighted by molar-refractivity contribution is 7.93. The third-order valence-electron chi connectivity index (χ3n) is 2.40. The van der Waals surface area contributed by atoms with Gasteiger partial charge >= 0.3 is 0 Å². The number of nitrogens with one attached hydrogen (secondary N) is 1. The van der Waals surface area contributed by atoms with Gasteiger partial charge in [-0.15, -0.1) is 0 Å². The quantitative estimate of drug-likeness (QED) is 0.862. The zero-order valence-corrected chi connectivity index (χ0v) is 9.14. The van der Waals surface area contributed by atoms with Gasteiger partial charge in [0.05, 0.1) is 10.9 Å². The maximum Gasteiger partial charge on any atom is 0.235 e. The minimum atomic E-state index is -3.29. The minimum Gasteiger partial charge on any atom is -0.283 e. The fraction of sp³-hybridized carbons (Fsp3) is 0.400. The lowest BCUT2D eigenvalue weighted by molar-refractivity contribution is 0.599. The van der Waals surface area contributed by atoms with Crippen LogP contribution in [0.1, 0.15) is 18.4 Å². The van der Waals surface area contributed by atoms with E-state index < -0.39 is 15.8 Å². The van der Waals surface area contributed by atoms with E-state index in [1.165, 1.54) is 6.07 Å². The van der Waals surface area contributed by atoms with Crippen LogP contribution in [-0.4, -0.2) is 13.7 Å². The predicted molar refractivity (Wildman–Crippen MR) is 56.7 cm³/mol. The molecular weight excluding hydrogens is 217 g/mol. The Morgan fingerprint density at radius 1 is 1.40 bits per heavy atom. The molecule has 0 radical (unpaired) electrons. The molecule has 0 spiro atoms. The van der Waals surface area contributed by atoms with E-state index in [-0.39, 0.29) is 5.25 Å². The van der Waals surface area contributed by atoms with Gasteiger partial charge in [0, 0.05) is 0 Å². The minimum absolute atomic E-state index is 0.290. The van der Waals surface area contributed by atoms with Crippen LogP contribution in [0.25, 0.3) is 0 Å². The second-order valence-corrected chi connectivity index (χ2v) is 5.77. The zero-order chi connectivity index (χ0) is 11.1. The lowest BCUT2D eigenvalue weighted by Gasteiger charge is -2.07. The SMILES string of the molecule is Cc1ccc(NS(=O)(=O)C2CC2)cc1F. The van der Waals surface area contributed by atoms with Crippen molar-refractivity contribution in [3.8, 4) is 0 Å². The van der Waals surface area contributed by atoms with Gasteiger partial charge in [-0.05, 0) is 37.5 Å². The lowest BCUT2D eigenvalue weighted by atomic mass is 10.2. The molecule has 15 heavy (non-hydrogen) atoms. The summed E-state index contributed by atoms with van der Waals surface area (Å²) in [6.45, 7) is 1.63. The van der Waals surface area contributed by atoms with Gasteiger partial charge in [0.1, 0.15) is 5.82 Å². The Hall–Kier alpha value is -1.10. The van der Waals surface area contributed by atoms with Gasteiger partial charge in [-0.1, -0.05) is 6.07 Å². The molecule has 5 heteroatoms. The molecule has 0 heterocycles. The van der Waals surface area contributed by atoms with Crippen molar-refractivity contribution in [3.05, 3.63) is 29.6 Å². The van der Waals surface area contributed by atoms with Crippen LogP contribution in [0.5, 0.6) is 0 Å². The van der Waals surface area contributed by atoms with E-state index >= 15 is 0 Å². The van der Waals surface area contributed by atoms with Crippen LogP contribution in [0.2, 0.25) is 0 Å². The molecule has 3 nitrogen and oxygen atoms in total. The van der Waals surface area contributed by atoms with Crippen molar-refractivity contribution in [3.63, 3.8) is 0 Å². The normalized spacial score (nSPS) is 16.4. The van der Waals surface area contributed by atoms with E-state index in [0.29, 0.717) is 24.1 Å². The summed E-state index contributed by atoms with van der Waals surface area (Å²) in [5.41, 5.74) is 0.800. The highest BCUT2D eigenvalue weighted by Crippen LogP contribution is 2.29. The molecule has 0 atom stereocenters. The van der Waals surface area contributed by atoms with E-state index in [1.54, 1.807) is 19.1 Å². The first kappa shape index (κ1) is 10.4. The summed E-state index contributed by atoms with van der Waals surface area (Å²) < 4.78 is 38.6. The topological polar surface area (TPSA) is 46.2 Å². The third-order valence-corrected chi connectivity index (χ3v) is 4.26. The highest BCUT2D eigenvalue weighted by Gasteiger charge is 2.35. The van der Waals surface area contributed by atoms with Crippen LogP contribution in [0.15, 0.2) is 18.2 Å². The van der Waals surface area contributed by atoms with Crippen molar-refractivity contribution in [2.24, 2.45) is 0 Å². The molecular formula is C10H12FNO2S. The number of aryl methyl sites for hydroxylation is 1. The number of benzene rings is 1. The van der Waals surface area contributed by atoms with Crippen molar-refractivity contribution in [2.75, 3.05) is 4.72 Å². The molecule has 1 aliphatic rings. The highest BCUT2D eigenvalue weighted by atomic mass is 32.2. The largest absolute Gasteiger partial charge is 0.283 e. The first-order chi connectivity index (χ1) is 6.99. The van der Waals surface area contributed by atoms with Gasteiger partial charge in [-0.25, -0.2) is 12.8 Å². The maximum atomic E-state index is 13.1. The van der Waals surface area contributed by atoms with Crippen molar-refractivity contribution < 1.29 is 12.8 Å². The number of hydrogen-bond acceptors (Lipinski definition) is 2. The van der Waals surface area contributed by atoms with Crippen molar-refractivity contribution >= 4 is 15.7 Å². The summed E-state index contributed by atoms with van der Waals surface area (Å²) in [4.78, 5) is 0. The third kappa shape index (κ3) is 2.28. The second kappa shape index (κ2) is 3.48. The molecule has 1 saturated carbocycles. The van der Waals surface area contributed by atoms with E-state index in [1.807, 2.05) is 0 Å². The molecule has 0 unspecified atom stereocenters. The first-order valence-electron chi connectivity index (χ1n) is 4.77. The summed E-state index contributed by atoms with van der Waals surface area (Å²) in [5.74, 6) is -0.397. The molecule has 2 rings (SSSR count). The van der Waals surface area contributed by atoms with Crippen LogP contribution in [-0.2, 0) is 10.0 Å². The maximum absolute atomic E-state index is 13.1. The molecule has 1 N–H and O–H groups in total. The molecule has 1 aromatic carbocycles. The second-order valence-electron chi connectivity index (χ2n) is 3.81. The van der Waals surface area contributed by atoms with Crippen LogP contribution < -0.4 is 4.72 Å². The predicted octanol–water partition coefficient (Wildman–Crippen LogP) is 2.04. The van der Waals surface area contributed by atoms with Crippen molar-refractivity contribution in [1.29, 1.82) is 0 Å². The number of hydrogen-bond donors (Lipinski definition) is 1. The number of anilines is 1. The van der Waals surface area contributed by atoms with Gasteiger partial charge in [0.25, 0.3) is 0 Å². The van der Waals surface area contributed by atoms with Gasteiger partial charge in [-0.3, -0.25) is 4.72 Å². The van der Waals surface area contributed by atoms with Crippen molar-refractivity contribution in [1.82, 2.24) is 0 Å². The molecule has 0 saturated heterocycles. The Bertz CT molecular complexity index is 480. The van der Waals surface area contributed by atoms with Crippen LogP contribution >= 0.6 is 0 Å². The lowest BCUT2D eigenvalue weighted by Crippen LogP contribution is -2.17. The molecule has 0 aliphatic heterocycles. The van der Waals surface area contributed by atoms with Gasteiger partial charge in [0.2, 0.25) is 10.0 Å². The molecule has 82 valence electrons. The van der Waals surface area contributed by atoms with Gasteiger partial charge in [-0.2, -0.15) is 0 Å². The smallest absolute Gasteiger partial charge is 0.235 e. The molecule has 0 amide bonds. The monoisotopic (exact) mass is 229 g/mol. The van der Waals surface area contributed by atoms with Gasteiger partial charge < -0.3 is 0 Å². The first-order valence-corrected chi connectivity index (χ1v) is 6.31. The molecule has 1 fully saturated rings. The van der Waals surface area contributed by atoms with Crippen LogP contribution in [0, 0.1) is 12.7 Å². The standard InChI is InChI=1S/C10H12FNO2S/c1-7-2-3-8(6-10(7)11)12-15(13,14)9-4-5-9/h2-3,6,9,12H,4-5H2,1H3. The Kier molecular flexibility index (Phi) is 2.42.